The molecule has 0 saturated heterocycles. The SMILES string of the molecule is C[C@H]1[C@H](C)CC[C@]2(C)CC[C@]3(C)C(=CC[C@@H]4[C@@]5(C)CCC(O)C(C)(C(=O)O)C5CC[C@]43C)[C@H]12. The molecule has 3 nitrogen and oxygen atoms in total. The summed E-state index contributed by atoms with van der Waals surface area (Å²) in [6, 6.07) is 0. The van der Waals surface area contributed by atoms with Crippen molar-refractivity contribution >= 4 is 5.97 Å². The van der Waals surface area contributed by atoms with Crippen LogP contribution in [0, 0.1) is 56.7 Å². The normalized spacial score (nSPS) is 58.2. The van der Waals surface area contributed by atoms with Crippen molar-refractivity contribution in [1.29, 1.82) is 0 Å². The van der Waals surface area contributed by atoms with Gasteiger partial charge in [-0.3, -0.25) is 4.79 Å². The van der Waals surface area contributed by atoms with Gasteiger partial charge in [-0.25, -0.2) is 0 Å². The van der Waals surface area contributed by atoms with Crippen LogP contribution >= 0.6 is 0 Å². The molecule has 0 amide bonds. The predicted octanol–water partition coefficient (Wildman–Crippen LogP) is 7.09. The Balaban J connectivity index is 1.60. The zero-order valence-electron chi connectivity index (χ0n) is 22.2. The molecule has 4 fully saturated rings. The van der Waals surface area contributed by atoms with Gasteiger partial charge in [0.1, 0.15) is 0 Å². The highest BCUT2D eigenvalue weighted by molar-refractivity contribution is 5.76. The van der Waals surface area contributed by atoms with Gasteiger partial charge in [-0.15, -0.1) is 0 Å². The van der Waals surface area contributed by atoms with Crippen LogP contribution in [-0.2, 0) is 4.79 Å². The lowest BCUT2D eigenvalue weighted by Crippen LogP contribution is -2.66. The van der Waals surface area contributed by atoms with E-state index in [9.17, 15) is 15.0 Å². The van der Waals surface area contributed by atoms with Crippen molar-refractivity contribution in [2.24, 2.45) is 56.7 Å². The maximum absolute atomic E-state index is 12.5. The molecule has 0 heterocycles. The van der Waals surface area contributed by atoms with Crippen LogP contribution in [0.15, 0.2) is 11.6 Å². The van der Waals surface area contributed by atoms with E-state index in [2.05, 4.69) is 47.6 Å². The average Bonchev–Trinajstić information content (AvgIpc) is 2.75. The van der Waals surface area contributed by atoms with Crippen molar-refractivity contribution in [2.75, 3.05) is 0 Å². The van der Waals surface area contributed by atoms with E-state index < -0.39 is 17.5 Å². The molecule has 0 aromatic carbocycles. The molecule has 0 radical (unpaired) electrons. The summed E-state index contributed by atoms with van der Waals surface area (Å²) < 4.78 is 0. The number of carboxylic acids is 1. The van der Waals surface area contributed by atoms with Gasteiger partial charge in [-0.1, -0.05) is 53.2 Å². The van der Waals surface area contributed by atoms with Gasteiger partial charge >= 0.3 is 5.97 Å². The molecule has 5 aliphatic rings. The van der Waals surface area contributed by atoms with Gasteiger partial charge in [0.05, 0.1) is 11.5 Å². The second-order valence-electron chi connectivity index (χ2n) is 14.4. The quantitative estimate of drug-likeness (QED) is 0.414. The minimum Gasteiger partial charge on any atom is -0.481 e. The number of aliphatic hydroxyl groups excluding tert-OH is 1. The molecular formula is C30H48O3. The van der Waals surface area contributed by atoms with Crippen LogP contribution in [0.2, 0.25) is 0 Å². The van der Waals surface area contributed by atoms with Gasteiger partial charge < -0.3 is 10.2 Å². The Labute approximate surface area is 201 Å². The number of allylic oxidation sites excluding steroid dienone is 2. The Bertz CT molecular complexity index is 878. The fraction of sp³-hybridized carbons (Fsp3) is 0.900. The van der Waals surface area contributed by atoms with Crippen LogP contribution in [0.5, 0.6) is 0 Å². The molecule has 186 valence electrons. The highest BCUT2D eigenvalue weighted by Gasteiger charge is 2.69. The van der Waals surface area contributed by atoms with Gasteiger partial charge in [0, 0.05) is 0 Å². The Morgan fingerprint density at radius 2 is 1.61 bits per heavy atom. The first-order valence-corrected chi connectivity index (χ1v) is 13.9. The molecule has 5 rings (SSSR count). The van der Waals surface area contributed by atoms with E-state index in [0.29, 0.717) is 23.7 Å². The first-order valence-electron chi connectivity index (χ1n) is 13.9. The Morgan fingerprint density at radius 1 is 0.909 bits per heavy atom. The molecule has 2 N–H and O–H groups in total. The van der Waals surface area contributed by atoms with Gasteiger partial charge in [-0.05, 0) is 116 Å². The third-order valence-corrected chi connectivity index (χ3v) is 13.5. The monoisotopic (exact) mass is 456 g/mol. The fourth-order valence-electron chi connectivity index (χ4n) is 10.8. The van der Waals surface area contributed by atoms with E-state index in [1.807, 2.05) is 6.92 Å². The third kappa shape index (κ3) is 2.75. The lowest BCUT2D eigenvalue weighted by Gasteiger charge is -2.71. The number of aliphatic hydroxyl groups is 1. The number of fused-ring (bicyclic) bond motifs is 7. The molecule has 0 aromatic rings. The molecule has 33 heavy (non-hydrogen) atoms. The van der Waals surface area contributed by atoms with E-state index in [1.165, 1.54) is 25.7 Å². The fourth-order valence-corrected chi connectivity index (χ4v) is 10.8. The Kier molecular flexibility index (Phi) is 5.15. The van der Waals surface area contributed by atoms with E-state index in [4.69, 9.17) is 0 Å². The molecule has 5 aliphatic carbocycles. The minimum absolute atomic E-state index is 0.0311. The van der Waals surface area contributed by atoms with Crippen LogP contribution in [-0.4, -0.2) is 22.3 Å². The number of hydrogen-bond acceptors (Lipinski definition) is 2. The summed E-state index contributed by atoms with van der Waals surface area (Å²) in [5.74, 6) is 1.96. The molecule has 0 aromatic heterocycles. The van der Waals surface area contributed by atoms with Gasteiger partial charge in [0.25, 0.3) is 0 Å². The maximum Gasteiger partial charge on any atom is 0.312 e. The standard InChI is InChI=1S/C30H48O3/c1-18-10-13-26(3)16-17-28(5)20(24(26)19(18)2)8-9-21-27(4)14-12-23(31)30(7,25(32)33)22(27)11-15-29(21,28)6/h8,18-19,21-24,31H,9-17H2,1-7H3,(H,32,33)/t18-,19+,21-,22?,23?,24+,26-,27-,28-,29-,30?/m1/s1. The summed E-state index contributed by atoms with van der Waals surface area (Å²) in [5, 5.41) is 21.1. The van der Waals surface area contributed by atoms with Crippen LogP contribution in [0.1, 0.15) is 106 Å². The van der Waals surface area contributed by atoms with Crippen molar-refractivity contribution in [3.05, 3.63) is 11.6 Å². The van der Waals surface area contributed by atoms with Crippen molar-refractivity contribution in [3.8, 4) is 0 Å². The van der Waals surface area contributed by atoms with Crippen molar-refractivity contribution in [3.63, 3.8) is 0 Å². The third-order valence-electron chi connectivity index (χ3n) is 13.5. The predicted molar refractivity (Wildman–Crippen MR) is 133 cm³/mol. The largest absolute Gasteiger partial charge is 0.481 e. The van der Waals surface area contributed by atoms with Crippen LogP contribution in [0.3, 0.4) is 0 Å². The topological polar surface area (TPSA) is 57.5 Å². The first kappa shape index (κ1) is 23.9. The zero-order chi connectivity index (χ0) is 24.2. The summed E-state index contributed by atoms with van der Waals surface area (Å²) >= 11 is 0. The summed E-state index contributed by atoms with van der Waals surface area (Å²) in [6.45, 7) is 17.0. The molecular weight excluding hydrogens is 408 g/mol. The summed E-state index contributed by atoms with van der Waals surface area (Å²) in [4.78, 5) is 12.5. The zero-order valence-corrected chi connectivity index (χ0v) is 22.2. The number of carboxylic acid groups (broad SMARTS) is 1. The molecule has 0 aliphatic heterocycles. The highest BCUT2D eigenvalue weighted by atomic mass is 16.4. The highest BCUT2D eigenvalue weighted by Crippen LogP contribution is 2.75. The lowest BCUT2D eigenvalue weighted by atomic mass is 9.33. The molecule has 3 unspecified atom stereocenters. The maximum atomic E-state index is 12.5. The van der Waals surface area contributed by atoms with Crippen molar-refractivity contribution in [2.45, 2.75) is 112 Å². The Hall–Kier alpha value is -0.830. The molecule has 0 spiro atoms. The molecule has 11 atom stereocenters. The van der Waals surface area contributed by atoms with Gasteiger partial charge in [0.15, 0.2) is 0 Å². The van der Waals surface area contributed by atoms with Crippen LogP contribution < -0.4 is 0 Å². The molecule has 4 saturated carbocycles. The molecule has 3 heteroatoms. The average molecular weight is 457 g/mol. The van der Waals surface area contributed by atoms with Crippen LogP contribution in [0.25, 0.3) is 0 Å². The van der Waals surface area contributed by atoms with Gasteiger partial charge in [-0.2, -0.15) is 0 Å². The van der Waals surface area contributed by atoms with E-state index in [-0.39, 0.29) is 22.2 Å². The number of carbonyl (C=O) groups is 1. The van der Waals surface area contributed by atoms with E-state index in [0.717, 1.165) is 37.5 Å². The Morgan fingerprint density at radius 3 is 2.27 bits per heavy atom. The number of rotatable bonds is 1. The summed E-state index contributed by atoms with van der Waals surface area (Å²) in [7, 11) is 0. The van der Waals surface area contributed by atoms with Crippen molar-refractivity contribution < 1.29 is 15.0 Å². The van der Waals surface area contributed by atoms with E-state index in [1.54, 1.807) is 5.57 Å². The smallest absolute Gasteiger partial charge is 0.312 e. The molecule has 0 bridgehead atoms. The van der Waals surface area contributed by atoms with E-state index >= 15 is 0 Å². The number of aliphatic carboxylic acids is 1. The minimum atomic E-state index is -1.03. The summed E-state index contributed by atoms with van der Waals surface area (Å²) in [6.07, 6.45) is 12.0. The second-order valence-corrected chi connectivity index (χ2v) is 14.4. The van der Waals surface area contributed by atoms with Crippen LogP contribution in [0.4, 0.5) is 0 Å². The van der Waals surface area contributed by atoms with Gasteiger partial charge in [0.2, 0.25) is 0 Å². The summed E-state index contributed by atoms with van der Waals surface area (Å²) in [5.41, 5.74) is 1.56. The lowest BCUT2D eigenvalue weighted by molar-refractivity contribution is -0.217. The first-order chi connectivity index (χ1) is 15.3. The second kappa shape index (κ2) is 7.11. The van der Waals surface area contributed by atoms with Crippen molar-refractivity contribution in [1.82, 2.24) is 0 Å². The number of hydrogen-bond donors (Lipinski definition) is 2.